The quantitative estimate of drug-likeness (QED) is 0.848. The lowest BCUT2D eigenvalue weighted by Crippen LogP contribution is -2.44. The molecule has 0 aliphatic carbocycles. The van der Waals surface area contributed by atoms with Gasteiger partial charge in [0.2, 0.25) is 10.0 Å². The van der Waals surface area contributed by atoms with Crippen molar-refractivity contribution in [1.29, 1.82) is 0 Å². The lowest BCUT2D eigenvalue weighted by molar-refractivity contribution is 0.257. The third-order valence-corrected chi connectivity index (χ3v) is 6.28. The van der Waals surface area contributed by atoms with E-state index >= 15 is 0 Å². The zero-order valence-electron chi connectivity index (χ0n) is 12.6. The van der Waals surface area contributed by atoms with Crippen molar-refractivity contribution in [2.45, 2.75) is 44.6 Å². The molecular formula is C14H22N2O2S2. The number of hydrogen-bond donors (Lipinski definition) is 1. The Morgan fingerprint density at radius 1 is 1.40 bits per heavy atom. The maximum Gasteiger partial charge on any atom is 0.243 e. The smallest absolute Gasteiger partial charge is 0.243 e. The van der Waals surface area contributed by atoms with Gasteiger partial charge < -0.3 is 5.73 Å². The SMILES string of the molecule is CCC(C)(C)N(C)S(=O)(=O)c1cc(C(N)=S)ccc1C. The first-order valence-corrected chi connectivity index (χ1v) is 8.28. The van der Waals surface area contributed by atoms with Crippen LogP contribution in [0.3, 0.4) is 0 Å². The van der Waals surface area contributed by atoms with Gasteiger partial charge in [0.25, 0.3) is 0 Å². The number of nitrogens with two attached hydrogens (primary N) is 1. The van der Waals surface area contributed by atoms with E-state index in [0.717, 1.165) is 6.42 Å². The predicted octanol–water partition coefficient (Wildman–Crippen LogP) is 2.44. The van der Waals surface area contributed by atoms with Gasteiger partial charge in [-0.05, 0) is 38.8 Å². The van der Waals surface area contributed by atoms with Crippen molar-refractivity contribution in [2.24, 2.45) is 5.73 Å². The first-order valence-electron chi connectivity index (χ1n) is 6.43. The first kappa shape index (κ1) is 17.1. The van der Waals surface area contributed by atoms with E-state index in [1.54, 1.807) is 32.2 Å². The molecule has 0 radical (unpaired) electrons. The van der Waals surface area contributed by atoms with Crippen molar-refractivity contribution in [3.8, 4) is 0 Å². The van der Waals surface area contributed by atoms with Gasteiger partial charge in [-0.25, -0.2) is 8.42 Å². The molecule has 0 fully saturated rings. The lowest BCUT2D eigenvalue weighted by Gasteiger charge is -2.34. The Kier molecular flexibility index (Phi) is 4.94. The van der Waals surface area contributed by atoms with Gasteiger partial charge in [-0.1, -0.05) is 31.3 Å². The molecule has 0 spiro atoms. The average molecular weight is 314 g/mol. The number of thiocarbonyl (C=S) groups is 1. The van der Waals surface area contributed by atoms with E-state index in [1.807, 2.05) is 20.8 Å². The highest BCUT2D eigenvalue weighted by Crippen LogP contribution is 2.27. The Bertz CT molecular complexity index is 622. The van der Waals surface area contributed by atoms with Crippen LogP contribution in [0.15, 0.2) is 23.1 Å². The predicted molar refractivity (Wildman–Crippen MR) is 86.4 cm³/mol. The topological polar surface area (TPSA) is 63.4 Å². The van der Waals surface area contributed by atoms with Gasteiger partial charge in [-0.15, -0.1) is 0 Å². The van der Waals surface area contributed by atoms with Gasteiger partial charge in [0.1, 0.15) is 4.99 Å². The summed E-state index contributed by atoms with van der Waals surface area (Å²) >= 11 is 4.92. The van der Waals surface area contributed by atoms with Crippen LogP contribution in [0.1, 0.15) is 38.3 Å². The summed E-state index contributed by atoms with van der Waals surface area (Å²) in [6, 6.07) is 5.02. The monoisotopic (exact) mass is 314 g/mol. The molecule has 0 atom stereocenters. The van der Waals surface area contributed by atoms with Crippen LogP contribution in [0, 0.1) is 6.92 Å². The van der Waals surface area contributed by atoms with Gasteiger partial charge in [-0.3, -0.25) is 0 Å². The minimum atomic E-state index is -3.58. The van der Waals surface area contributed by atoms with Crippen LogP contribution in [0.25, 0.3) is 0 Å². The largest absolute Gasteiger partial charge is 0.389 e. The molecule has 0 aliphatic rings. The maximum atomic E-state index is 12.8. The van der Waals surface area contributed by atoms with Gasteiger partial charge in [0.05, 0.1) is 4.90 Å². The number of sulfonamides is 1. The molecule has 1 aromatic carbocycles. The average Bonchev–Trinajstić information content (AvgIpc) is 2.37. The zero-order valence-corrected chi connectivity index (χ0v) is 14.2. The highest BCUT2D eigenvalue weighted by molar-refractivity contribution is 7.89. The van der Waals surface area contributed by atoms with Crippen molar-refractivity contribution in [3.05, 3.63) is 29.3 Å². The molecule has 0 amide bonds. The van der Waals surface area contributed by atoms with Crippen molar-refractivity contribution in [2.75, 3.05) is 7.05 Å². The molecule has 0 aromatic heterocycles. The molecule has 112 valence electrons. The van der Waals surface area contributed by atoms with E-state index < -0.39 is 15.6 Å². The summed E-state index contributed by atoms with van der Waals surface area (Å²) in [4.78, 5) is 0.450. The molecule has 6 heteroatoms. The Balaban J connectivity index is 3.43. The molecule has 0 bridgehead atoms. The Hall–Kier alpha value is -0.980. The van der Waals surface area contributed by atoms with E-state index in [0.29, 0.717) is 11.1 Å². The van der Waals surface area contributed by atoms with Crippen molar-refractivity contribution in [1.82, 2.24) is 4.31 Å². The number of aryl methyl sites for hydroxylation is 1. The Morgan fingerprint density at radius 2 is 1.95 bits per heavy atom. The summed E-state index contributed by atoms with van der Waals surface area (Å²) in [5, 5.41) is 0. The maximum absolute atomic E-state index is 12.8. The van der Waals surface area contributed by atoms with Gasteiger partial charge in [0, 0.05) is 18.2 Å². The highest BCUT2D eigenvalue weighted by Gasteiger charge is 2.33. The zero-order chi connectivity index (χ0) is 15.7. The van der Waals surface area contributed by atoms with Gasteiger partial charge >= 0.3 is 0 Å². The van der Waals surface area contributed by atoms with Crippen LogP contribution in [0.4, 0.5) is 0 Å². The van der Waals surface area contributed by atoms with Crippen molar-refractivity contribution >= 4 is 27.2 Å². The Morgan fingerprint density at radius 3 is 2.40 bits per heavy atom. The summed E-state index contributed by atoms with van der Waals surface area (Å²) in [6.45, 7) is 7.53. The summed E-state index contributed by atoms with van der Waals surface area (Å²) in [6.07, 6.45) is 0.719. The summed E-state index contributed by atoms with van der Waals surface area (Å²) in [7, 11) is -1.97. The molecule has 0 unspecified atom stereocenters. The van der Waals surface area contributed by atoms with Gasteiger partial charge in [0.15, 0.2) is 0 Å². The molecule has 1 rings (SSSR count). The van der Waals surface area contributed by atoms with E-state index in [1.165, 1.54) is 4.31 Å². The molecule has 0 aliphatic heterocycles. The second kappa shape index (κ2) is 5.79. The third kappa shape index (κ3) is 3.19. The van der Waals surface area contributed by atoms with E-state index in [9.17, 15) is 8.42 Å². The fourth-order valence-electron chi connectivity index (χ4n) is 1.73. The van der Waals surface area contributed by atoms with Crippen LogP contribution in [0.5, 0.6) is 0 Å². The van der Waals surface area contributed by atoms with Crippen molar-refractivity contribution < 1.29 is 8.42 Å². The normalized spacial score (nSPS) is 12.7. The molecular weight excluding hydrogens is 292 g/mol. The Labute approximate surface area is 127 Å². The van der Waals surface area contributed by atoms with E-state index in [-0.39, 0.29) is 9.88 Å². The number of hydrogen-bond acceptors (Lipinski definition) is 3. The van der Waals surface area contributed by atoms with Crippen LogP contribution in [0.2, 0.25) is 0 Å². The molecule has 4 nitrogen and oxygen atoms in total. The highest BCUT2D eigenvalue weighted by atomic mass is 32.2. The molecule has 0 saturated carbocycles. The van der Waals surface area contributed by atoms with Crippen molar-refractivity contribution in [3.63, 3.8) is 0 Å². The summed E-state index contributed by atoms with van der Waals surface area (Å²) < 4.78 is 27.0. The molecule has 2 N–H and O–H groups in total. The van der Waals surface area contributed by atoms with Gasteiger partial charge in [-0.2, -0.15) is 4.31 Å². The third-order valence-electron chi connectivity index (χ3n) is 3.83. The summed E-state index contributed by atoms with van der Waals surface area (Å²) in [5.41, 5.74) is 6.38. The molecule has 0 saturated heterocycles. The minimum absolute atomic E-state index is 0.193. The van der Waals surface area contributed by atoms with E-state index in [2.05, 4.69) is 0 Å². The molecule has 0 heterocycles. The number of nitrogens with zero attached hydrogens (tertiary/aromatic N) is 1. The standard InChI is InChI=1S/C14H22N2O2S2/c1-6-14(3,4)16(5)20(17,18)12-9-11(13(15)19)8-7-10(12)2/h7-9H,6H2,1-5H3,(H2,15,19). The fraction of sp³-hybridized carbons (Fsp3) is 0.500. The second-order valence-electron chi connectivity index (χ2n) is 5.48. The summed E-state index contributed by atoms with van der Waals surface area (Å²) in [5.74, 6) is 0. The van der Waals surface area contributed by atoms with E-state index in [4.69, 9.17) is 18.0 Å². The van der Waals surface area contributed by atoms with Crippen LogP contribution in [-0.4, -0.2) is 30.3 Å². The second-order valence-corrected chi connectivity index (χ2v) is 7.86. The number of rotatable bonds is 5. The van der Waals surface area contributed by atoms with Crippen LogP contribution in [-0.2, 0) is 10.0 Å². The molecule has 1 aromatic rings. The minimum Gasteiger partial charge on any atom is -0.389 e. The number of benzene rings is 1. The van der Waals surface area contributed by atoms with Crippen LogP contribution >= 0.6 is 12.2 Å². The molecule has 20 heavy (non-hydrogen) atoms. The fourth-order valence-corrected chi connectivity index (χ4v) is 3.68. The van der Waals surface area contributed by atoms with Crippen LogP contribution < -0.4 is 5.73 Å². The first-order chi connectivity index (χ1) is 9.04. The lowest BCUT2D eigenvalue weighted by atomic mass is 10.0.